The predicted octanol–water partition coefficient (Wildman–Crippen LogP) is 1.74. The summed E-state index contributed by atoms with van der Waals surface area (Å²) in [6.45, 7) is 2.43. The minimum Gasteiger partial charge on any atom is -0.380 e. The van der Waals surface area contributed by atoms with Crippen LogP contribution in [0.2, 0.25) is 0 Å². The Morgan fingerprint density at radius 1 is 1.40 bits per heavy atom. The second kappa shape index (κ2) is 4.65. The highest BCUT2D eigenvalue weighted by molar-refractivity contribution is 7.87. The van der Waals surface area contributed by atoms with Crippen LogP contribution in [-0.4, -0.2) is 19.7 Å². The van der Waals surface area contributed by atoms with E-state index < -0.39 is 27.2 Å². The van der Waals surface area contributed by atoms with Crippen molar-refractivity contribution >= 4 is 15.9 Å². The summed E-state index contributed by atoms with van der Waals surface area (Å²) in [6, 6.07) is 0. The molecule has 0 atom stereocenters. The molecule has 0 radical (unpaired) electrons. The summed E-state index contributed by atoms with van der Waals surface area (Å²) in [5.74, 6) is -1.14. The summed E-state index contributed by atoms with van der Waals surface area (Å²) >= 11 is 0. The van der Waals surface area contributed by atoms with E-state index in [1.54, 1.807) is 0 Å². The van der Waals surface area contributed by atoms with E-state index in [1.165, 1.54) is 6.92 Å². The van der Waals surface area contributed by atoms with Crippen molar-refractivity contribution in [2.24, 2.45) is 0 Å². The molecular weight excluding hydrogens is 237 g/mol. The second-order valence-electron chi connectivity index (χ2n) is 2.56. The summed E-state index contributed by atoms with van der Waals surface area (Å²) in [7, 11) is -5.68. The van der Waals surface area contributed by atoms with Gasteiger partial charge in [0.1, 0.15) is 5.76 Å². The molecular formula is C7H9F3O4S. The first-order valence-electron chi connectivity index (χ1n) is 3.82. The zero-order valence-electron chi connectivity index (χ0n) is 7.96. The molecule has 0 heterocycles. The molecule has 4 nitrogen and oxygen atoms in total. The Labute approximate surface area is 84.8 Å². The summed E-state index contributed by atoms with van der Waals surface area (Å²) in [5, 5.41) is 0. The number of carbonyl (C=O) groups excluding carboxylic acids is 1. The molecule has 0 aliphatic rings. The van der Waals surface area contributed by atoms with E-state index in [1.807, 2.05) is 0 Å². The van der Waals surface area contributed by atoms with E-state index >= 15 is 0 Å². The average molecular weight is 246 g/mol. The van der Waals surface area contributed by atoms with Gasteiger partial charge in [-0.3, -0.25) is 4.79 Å². The van der Waals surface area contributed by atoms with Gasteiger partial charge >= 0.3 is 15.6 Å². The van der Waals surface area contributed by atoms with Gasteiger partial charge in [0.2, 0.25) is 0 Å². The molecule has 0 aliphatic carbocycles. The lowest BCUT2D eigenvalue weighted by molar-refractivity contribution is -0.112. The van der Waals surface area contributed by atoms with Crippen molar-refractivity contribution in [3.05, 3.63) is 11.8 Å². The molecule has 0 aromatic carbocycles. The van der Waals surface area contributed by atoms with Crippen LogP contribution < -0.4 is 0 Å². The quantitative estimate of drug-likeness (QED) is 0.328. The summed E-state index contributed by atoms with van der Waals surface area (Å²) in [5.41, 5.74) is -5.49. The number of allylic oxidation sites excluding steroid dienone is 2. The fourth-order valence-electron chi connectivity index (χ4n) is 0.600. The van der Waals surface area contributed by atoms with E-state index in [0.29, 0.717) is 6.08 Å². The molecule has 0 amide bonds. The number of alkyl halides is 3. The van der Waals surface area contributed by atoms with Crippen LogP contribution in [-0.2, 0) is 19.1 Å². The molecule has 0 N–H and O–H groups in total. The van der Waals surface area contributed by atoms with Gasteiger partial charge in [-0.15, -0.1) is 0 Å². The van der Waals surface area contributed by atoms with Gasteiger partial charge in [-0.05, 0) is 6.92 Å². The molecule has 0 rings (SSSR count). The van der Waals surface area contributed by atoms with E-state index in [2.05, 4.69) is 4.18 Å². The smallest absolute Gasteiger partial charge is 0.380 e. The van der Waals surface area contributed by atoms with Crippen LogP contribution in [0.1, 0.15) is 20.3 Å². The number of carbonyl (C=O) groups is 1. The molecule has 0 bridgehead atoms. The van der Waals surface area contributed by atoms with Gasteiger partial charge in [-0.25, -0.2) is 0 Å². The number of hydrogen-bond donors (Lipinski definition) is 0. The maximum atomic E-state index is 11.8. The Morgan fingerprint density at radius 2 is 1.87 bits per heavy atom. The molecule has 0 saturated heterocycles. The largest absolute Gasteiger partial charge is 0.534 e. The number of ketones is 1. The van der Waals surface area contributed by atoms with Crippen molar-refractivity contribution in [1.82, 2.24) is 0 Å². The van der Waals surface area contributed by atoms with E-state index in [9.17, 15) is 26.4 Å². The van der Waals surface area contributed by atoms with Crippen LogP contribution in [0.3, 0.4) is 0 Å². The molecule has 0 unspecified atom stereocenters. The summed E-state index contributed by atoms with van der Waals surface area (Å²) in [4.78, 5) is 10.5. The Kier molecular flexibility index (Phi) is 4.32. The Morgan fingerprint density at radius 3 is 2.13 bits per heavy atom. The summed E-state index contributed by atoms with van der Waals surface area (Å²) in [6.07, 6.45) is 0.568. The Hall–Kier alpha value is -1.05. The standard InChI is InChI=1S/C7H9F3O4S/c1-3-6(4-5(2)11)14-15(12,13)7(8,9)10/h4H,3H2,1-2H3/b6-4-. The molecule has 0 saturated carbocycles. The molecule has 15 heavy (non-hydrogen) atoms. The molecule has 8 heteroatoms. The van der Waals surface area contributed by atoms with Crippen molar-refractivity contribution in [2.75, 3.05) is 0 Å². The van der Waals surface area contributed by atoms with Gasteiger partial charge in [0.05, 0.1) is 0 Å². The van der Waals surface area contributed by atoms with Gasteiger partial charge in [0.25, 0.3) is 0 Å². The first kappa shape index (κ1) is 13.9. The second-order valence-corrected chi connectivity index (χ2v) is 4.10. The number of halogens is 3. The highest BCUT2D eigenvalue weighted by Gasteiger charge is 2.48. The third-order valence-corrected chi connectivity index (χ3v) is 2.21. The predicted molar refractivity (Wildman–Crippen MR) is 45.1 cm³/mol. The van der Waals surface area contributed by atoms with Crippen molar-refractivity contribution in [3.63, 3.8) is 0 Å². The molecule has 0 spiro atoms. The Bertz CT molecular complexity index is 366. The fourth-order valence-corrected chi connectivity index (χ4v) is 1.14. The SMILES string of the molecule is CC/C(=C/C(C)=O)OS(=O)(=O)C(F)(F)F. The van der Waals surface area contributed by atoms with Crippen LogP contribution in [0.4, 0.5) is 13.2 Å². The van der Waals surface area contributed by atoms with Gasteiger partial charge in [-0.1, -0.05) is 6.92 Å². The zero-order valence-corrected chi connectivity index (χ0v) is 8.78. The van der Waals surface area contributed by atoms with Gasteiger partial charge < -0.3 is 4.18 Å². The van der Waals surface area contributed by atoms with E-state index in [4.69, 9.17) is 0 Å². The lowest BCUT2D eigenvalue weighted by Gasteiger charge is -2.10. The first-order chi connectivity index (χ1) is 6.60. The Balaban J connectivity index is 4.95. The monoisotopic (exact) mass is 246 g/mol. The molecule has 0 aliphatic heterocycles. The summed E-state index contributed by atoms with van der Waals surface area (Å²) < 4.78 is 60.3. The lowest BCUT2D eigenvalue weighted by Crippen LogP contribution is -2.25. The fraction of sp³-hybridized carbons (Fsp3) is 0.571. The average Bonchev–Trinajstić information content (AvgIpc) is 1.99. The van der Waals surface area contributed by atoms with Gasteiger partial charge in [0, 0.05) is 12.5 Å². The molecule has 0 fully saturated rings. The van der Waals surface area contributed by atoms with Crippen LogP contribution in [0, 0.1) is 0 Å². The van der Waals surface area contributed by atoms with Crippen molar-refractivity contribution in [3.8, 4) is 0 Å². The molecule has 0 aromatic heterocycles. The minimum absolute atomic E-state index is 0.130. The maximum absolute atomic E-state index is 11.8. The van der Waals surface area contributed by atoms with Crippen LogP contribution in [0.15, 0.2) is 11.8 Å². The maximum Gasteiger partial charge on any atom is 0.534 e. The molecule has 0 aromatic rings. The van der Waals surface area contributed by atoms with Gasteiger partial charge in [0.15, 0.2) is 5.78 Å². The minimum atomic E-state index is -5.68. The van der Waals surface area contributed by atoms with E-state index in [-0.39, 0.29) is 6.42 Å². The molecule has 88 valence electrons. The van der Waals surface area contributed by atoms with Crippen molar-refractivity contribution in [1.29, 1.82) is 0 Å². The van der Waals surface area contributed by atoms with Crippen molar-refractivity contribution < 1.29 is 30.6 Å². The highest BCUT2D eigenvalue weighted by Crippen LogP contribution is 2.27. The zero-order chi connectivity index (χ0) is 12.3. The number of hydrogen-bond acceptors (Lipinski definition) is 4. The normalized spacial score (nSPS) is 13.8. The lowest BCUT2D eigenvalue weighted by atomic mass is 10.3. The van der Waals surface area contributed by atoms with E-state index in [0.717, 1.165) is 6.92 Å². The highest BCUT2D eigenvalue weighted by atomic mass is 32.2. The van der Waals surface area contributed by atoms with Gasteiger partial charge in [-0.2, -0.15) is 21.6 Å². The third-order valence-electron chi connectivity index (χ3n) is 1.21. The van der Waals surface area contributed by atoms with Crippen LogP contribution in [0.25, 0.3) is 0 Å². The van der Waals surface area contributed by atoms with Crippen molar-refractivity contribution in [2.45, 2.75) is 25.8 Å². The first-order valence-corrected chi connectivity index (χ1v) is 5.23. The van der Waals surface area contributed by atoms with Crippen LogP contribution >= 0.6 is 0 Å². The third kappa shape index (κ3) is 4.32. The van der Waals surface area contributed by atoms with Crippen LogP contribution in [0.5, 0.6) is 0 Å². The topological polar surface area (TPSA) is 60.4 Å². The number of rotatable bonds is 4.